The molecule has 5 N–H and O–H groups in total. The van der Waals surface area contributed by atoms with Crippen molar-refractivity contribution >= 4 is 5.91 Å². The second-order valence-electron chi connectivity index (χ2n) is 9.33. The van der Waals surface area contributed by atoms with Crippen LogP contribution >= 0.6 is 0 Å². The third-order valence-electron chi connectivity index (χ3n) is 7.77. The number of alkyl halides is 1. The highest BCUT2D eigenvalue weighted by atomic mass is 19.1. The summed E-state index contributed by atoms with van der Waals surface area (Å²) in [6, 6.07) is 6.39. The lowest BCUT2D eigenvalue weighted by Gasteiger charge is -2.54. The number of hydrogen-bond acceptors (Lipinski definition) is 5. The van der Waals surface area contributed by atoms with Crippen molar-refractivity contribution < 1.29 is 19.4 Å². The SMILES string of the molecule is Cc1ccc(O)cc1[C@@]12Cc3[nH]c(=O)c(C(N)=O)cc3C[C@@]1(O)[C@H]1C(CN1CCF)C2. The Labute approximate surface area is 178 Å². The van der Waals surface area contributed by atoms with E-state index in [2.05, 4.69) is 4.98 Å². The van der Waals surface area contributed by atoms with Gasteiger partial charge in [0.15, 0.2) is 0 Å². The van der Waals surface area contributed by atoms with E-state index in [0.29, 0.717) is 30.6 Å². The average Bonchev–Trinajstić information content (AvgIpc) is 2.88. The van der Waals surface area contributed by atoms with Gasteiger partial charge >= 0.3 is 0 Å². The Bertz CT molecular complexity index is 1150. The van der Waals surface area contributed by atoms with Crippen molar-refractivity contribution in [1.29, 1.82) is 0 Å². The first-order valence-electron chi connectivity index (χ1n) is 10.6. The van der Waals surface area contributed by atoms with Crippen LogP contribution in [0, 0.1) is 12.8 Å². The van der Waals surface area contributed by atoms with Gasteiger partial charge < -0.3 is 20.9 Å². The summed E-state index contributed by atoms with van der Waals surface area (Å²) >= 11 is 0. The highest BCUT2D eigenvalue weighted by Gasteiger charge is 2.70. The maximum atomic E-state index is 13.2. The molecule has 5 rings (SSSR count). The van der Waals surface area contributed by atoms with Crippen molar-refractivity contribution in [2.24, 2.45) is 11.7 Å². The van der Waals surface area contributed by atoms with E-state index in [1.807, 2.05) is 17.9 Å². The fourth-order valence-electron chi connectivity index (χ4n) is 6.55. The molecule has 0 spiro atoms. The zero-order valence-electron chi connectivity index (χ0n) is 17.3. The molecule has 1 amide bonds. The van der Waals surface area contributed by atoms with Crippen LogP contribution in [0.2, 0.25) is 0 Å². The van der Waals surface area contributed by atoms with Crippen LogP contribution in [0.4, 0.5) is 4.39 Å². The van der Waals surface area contributed by atoms with Crippen molar-refractivity contribution in [2.45, 2.75) is 43.2 Å². The van der Waals surface area contributed by atoms with Gasteiger partial charge in [-0.15, -0.1) is 0 Å². The molecular weight excluding hydrogens is 401 g/mol. The summed E-state index contributed by atoms with van der Waals surface area (Å²) in [6.07, 6.45) is 1.23. The molecule has 1 aliphatic heterocycles. The molecule has 2 aliphatic carbocycles. The number of aromatic hydroxyl groups is 1. The van der Waals surface area contributed by atoms with Crippen LogP contribution in [0.5, 0.6) is 5.75 Å². The van der Waals surface area contributed by atoms with E-state index in [1.54, 1.807) is 12.1 Å². The largest absolute Gasteiger partial charge is 0.508 e. The number of nitrogens with one attached hydrogen (secondary N) is 1. The number of rotatable bonds is 4. The number of aryl methyl sites for hydroxylation is 1. The lowest BCUT2D eigenvalue weighted by molar-refractivity contribution is -0.117. The number of phenolic OH excluding ortho intramolecular Hbond substituents is 1. The first-order valence-corrected chi connectivity index (χ1v) is 10.6. The molecule has 3 aliphatic rings. The number of likely N-dealkylation sites (tertiary alicyclic amines) is 1. The molecule has 4 atom stereocenters. The topological polar surface area (TPSA) is 120 Å². The van der Waals surface area contributed by atoms with Crippen LogP contribution in [0.15, 0.2) is 29.1 Å². The third-order valence-corrected chi connectivity index (χ3v) is 7.77. The molecule has 1 aromatic carbocycles. The van der Waals surface area contributed by atoms with Gasteiger partial charge in [0.05, 0.1) is 5.60 Å². The van der Waals surface area contributed by atoms with Gasteiger partial charge in [0, 0.05) is 43.1 Å². The van der Waals surface area contributed by atoms with E-state index >= 15 is 0 Å². The van der Waals surface area contributed by atoms with Gasteiger partial charge in [-0.3, -0.25) is 14.5 Å². The Hall–Kier alpha value is -2.71. The summed E-state index contributed by atoms with van der Waals surface area (Å²) in [5.74, 6) is -0.529. The number of hydrogen-bond donors (Lipinski definition) is 4. The quantitative estimate of drug-likeness (QED) is 0.579. The minimum absolute atomic E-state index is 0.112. The summed E-state index contributed by atoms with van der Waals surface area (Å²) in [6.45, 7) is 2.41. The Morgan fingerprint density at radius 1 is 1.35 bits per heavy atom. The van der Waals surface area contributed by atoms with Gasteiger partial charge in [0.1, 0.15) is 18.0 Å². The summed E-state index contributed by atoms with van der Waals surface area (Å²) < 4.78 is 13.2. The molecule has 0 radical (unpaired) electrons. The number of H-pyrrole nitrogens is 1. The molecule has 2 heterocycles. The number of carbonyl (C=O) groups is 1. The second kappa shape index (κ2) is 6.64. The summed E-state index contributed by atoms with van der Waals surface area (Å²) in [5, 5.41) is 22.5. The predicted molar refractivity (Wildman–Crippen MR) is 112 cm³/mol. The number of aliphatic hydroxyl groups is 1. The normalized spacial score (nSPS) is 31.5. The molecule has 164 valence electrons. The summed E-state index contributed by atoms with van der Waals surface area (Å²) in [7, 11) is 0. The molecule has 1 saturated heterocycles. The number of halogens is 1. The van der Waals surface area contributed by atoms with E-state index < -0.39 is 29.2 Å². The third kappa shape index (κ3) is 2.64. The maximum absolute atomic E-state index is 13.2. The minimum Gasteiger partial charge on any atom is -0.508 e. The van der Waals surface area contributed by atoms with E-state index in [9.17, 15) is 24.2 Å². The number of nitrogens with zero attached hydrogens (tertiary/aromatic N) is 1. The molecular formula is C23H26FN3O4. The fourth-order valence-corrected chi connectivity index (χ4v) is 6.55. The highest BCUT2D eigenvalue weighted by molar-refractivity contribution is 5.92. The van der Waals surface area contributed by atoms with Gasteiger partial charge in [0.25, 0.3) is 11.5 Å². The Morgan fingerprint density at radius 2 is 2.13 bits per heavy atom. The molecule has 2 fully saturated rings. The molecule has 31 heavy (non-hydrogen) atoms. The number of primary amides is 1. The number of carbonyl (C=O) groups excluding carboxylic acids is 1. The average molecular weight is 427 g/mol. The molecule has 1 aromatic heterocycles. The van der Waals surface area contributed by atoms with Crippen molar-refractivity contribution in [1.82, 2.24) is 9.88 Å². The van der Waals surface area contributed by atoms with Crippen LogP contribution in [0.3, 0.4) is 0 Å². The van der Waals surface area contributed by atoms with Crippen LogP contribution in [0.25, 0.3) is 0 Å². The standard InChI is InChI=1S/C23H26FN3O4/c1-12-2-3-15(28)7-17(12)22-8-14-11-27(5-4-24)19(14)23(22,31)9-13-6-16(20(25)29)21(30)26-18(13)10-22/h2-3,6-7,14,19,28,31H,4-5,8-11H2,1H3,(H2,25,29)(H,26,30)/t14?,19-,22-,23-/m1/s1. The van der Waals surface area contributed by atoms with E-state index in [-0.39, 0.29) is 36.2 Å². The lowest BCUT2D eigenvalue weighted by atomic mass is 9.59. The van der Waals surface area contributed by atoms with Crippen molar-refractivity contribution in [3.8, 4) is 5.75 Å². The van der Waals surface area contributed by atoms with E-state index in [4.69, 9.17) is 5.73 Å². The van der Waals surface area contributed by atoms with Crippen LogP contribution in [0.1, 0.15) is 39.2 Å². The number of phenols is 1. The van der Waals surface area contributed by atoms with Crippen molar-refractivity contribution in [2.75, 3.05) is 19.8 Å². The Kier molecular flexibility index (Phi) is 4.33. The van der Waals surface area contributed by atoms with Gasteiger partial charge in [-0.2, -0.15) is 0 Å². The van der Waals surface area contributed by atoms with Crippen LogP contribution < -0.4 is 11.3 Å². The molecule has 1 unspecified atom stereocenters. The predicted octanol–water partition coefficient (Wildman–Crippen LogP) is 0.929. The monoisotopic (exact) mass is 427 g/mol. The number of nitrogens with two attached hydrogens (primary N) is 1. The Balaban J connectivity index is 1.72. The van der Waals surface area contributed by atoms with E-state index in [0.717, 1.165) is 11.1 Å². The first kappa shape index (κ1) is 20.2. The van der Waals surface area contributed by atoms with Gasteiger partial charge in [-0.1, -0.05) is 6.07 Å². The number of pyridine rings is 1. The van der Waals surface area contributed by atoms with E-state index in [1.165, 1.54) is 6.07 Å². The molecule has 0 bridgehead atoms. The minimum atomic E-state index is -1.25. The Morgan fingerprint density at radius 3 is 2.84 bits per heavy atom. The van der Waals surface area contributed by atoms with Gasteiger partial charge in [0.2, 0.25) is 0 Å². The highest BCUT2D eigenvalue weighted by Crippen LogP contribution is 2.61. The second-order valence-corrected chi connectivity index (χ2v) is 9.33. The van der Waals surface area contributed by atoms with Crippen LogP contribution in [-0.4, -0.2) is 57.4 Å². The lowest BCUT2D eigenvalue weighted by Crippen LogP contribution is -2.68. The number of fused-ring (bicyclic) bond motifs is 4. The molecule has 7 nitrogen and oxygen atoms in total. The summed E-state index contributed by atoms with van der Waals surface area (Å²) in [4.78, 5) is 28.9. The number of amides is 1. The summed E-state index contributed by atoms with van der Waals surface area (Å²) in [5.41, 5.74) is 5.82. The maximum Gasteiger partial charge on any atom is 0.261 e. The number of benzene rings is 1. The van der Waals surface area contributed by atoms with Crippen molar-refractivity contribution in [3.63, 3.8) is 0 Å². The zero-order chi connectivity index (χ0) is 22.1. The zero-order valence-corrected chi connectivity index (χ0v) is 17.3. The number of aromatic nitrogens is 1. The fraction of sp³-hybridized carbons (Fsp3) is 0.478. The smallest absolute Gasteiger partial charge is 0.261 e. The molecule has 2 aromatic rings. The van der Waals surface area contributed by atoms with Crippen molar-refractivity contribution in [3.05, 3.63) is 62.6 Å². The van der Waals surface area contributed by atoms with Crippen LogP contribution in [-0.2, 0) is 18.3 Å². The first-order chi connectivity index (χ1) is 14.7. The van der Waals surface area contributed by atoms with Gasteiger partial charge in [-0.05, 0) is 54.2 Å². The number of aromatic amines is 1. The van der Waals surface area contributed by atoms with Gasteiger partial charge in [-0.25, -0.2) is 4.39 Å². The molecule has 1 saturated carbocycles. The molecule has 8 heteroatoms.